The van der Waals surface area contributed by atoms with Crippen molar-refractivity contribution in [3.05, 3.63) is 90.2 Å². The van der Waals surface area contributed by atoms with Crippen LogP contribution in [0.4, 0.5) is 11.5 Å². The van der Waals surface area contributed by atoms with Crippen molar-refractivity contribution in [2.75, 3.05) is 5.73 Å². The molecule has 5 rings (SSSR count). The van der Waals surface area contributed by atoms with Gasteiger partial charge in [0.15, 0.2) is 19.8 Å². The molecule has 0 saturated carbocycles. The molecule has 0 atom stereocenters. The van der Waals surface area contributed by atoms with Gasteiger partial charge in [-0.3, -0.25) is 9.55 Å². The van der Waals surface area contributed by atoms with E-state index in [-0.39, 0.29) is 5.04 Å². The first-order valence-corrected chi connectivity index (χ1v) is 15.6. The maximum Gasteiger partial charge on any atom is 0.205 e. The lowest BCUT2D eigenvalue weighted by Gasteiger charge is -2.36. The number of nitrogen functional groups attached to an aromatic ring is 1. The van der Waals surface area contributed by atoms with Crippen molar-refractivity contribution in [2.45, 2.75) is 45.5 Å². The largest absolute Gasteiger partial charge is 0.413 e. The average molecular weight is 534 g/mol. The van der Waals surface area contributed by atoms with Gasteiger partial charge in [-0.1, -0.05) is 32.9 Å². The molecule has 0 amide bonds. The van der Waals surface area contributed by atoms with Crippen LogP contribution in [0.1, 0.15) is 26.3 Å². The van der Waals surface area contributed by atoms with E-state index >= 15 is 0 Å². The Balaban J connectivity index is 1.61. The van der Waals surface area contributed by atoms with Crippen molar-refractivity contribution in [1.29, 1.82) is 0 Å². The molecule has 0 spiro atoms. The summed E-state index contributed by atoms with van der Waals surface area (Å²) >= 11 is 0. The van der Waals surface area contributed by atoms with Gasteiger partial charge in [0, 0.05) is 29.8 Å². The van der Waals surface area contributed by atoms with Crippen LogP contribution in [0.15, 0.2) is 73.2 Å². The lowest BCUT2D eigenvalue weighted by molar-refractivity contribution is 0.276. The van der Waals surface area contributed by atoms with Gasteiger partial charge in [0.25, 0.3) is 0 Å². The third kappa shape index (κ3) is 5.17. The molecule has 0 saturated heterocycles. The van der Waals surface area contributed by atoms with E-state index in [0.717, 1.165) is 27.9 Å². The molecule has 1 aromatic carbocycles. The van der Waals surface area contributed by atoms with Crippen molar-refractivity contribution in [2.24, 2.45) is 0 Å². The van der Waals surface area contributed by atoms with Crippen LogP contribution in [0, 0.1) is 6.57 Å². The summed E-state index contributed by atoms with van der Waals surface area (Å²) in [5.74, 6) is 1.04. The lowest BCUT2D eigenvalue weighted by Crippen LogP contribution is -2.40. The second kappa shape index (κ2) is 10.1. The first kappa shape index (κ1) is 26.2. The fourth-order valence-electron chi connectivity index (χ4n) is 4.00. The maximum absolute atomic E-state index is 7.34. The van der Waals surface area contributed by atoms with Crippen molar-refractivity contribution in [1.82, 2.24) is 24.5 Å². The Labute approximate surface area is 229 Å². The lowest BCUT2D eigenvalue weighted by atomic mass is 10.2. The summed E-state index contributed by atoms with van der Waals surface area (Å²) < 4.78 is 8.43. The first-order valence-electron chi connectivity index (χ1n) is 12.7. The quantitative estimate of drug-likeness (QED) is 0.183. The van der Waals surface area contributed by atoms with E-state index < -0.39 is 8.32 Å². The van der Waals surface area contributed by atoms with E-state index in [9.17, 15) is 0 Å². The standard InChI is InChI=1S/C30H31N7OSi/c1-30(2,3)39(5,6)38-19-20-9-11-23(12-10-20)37-28(24-8-7-15-34-27(24)31)36-26-14-13-25(35-29(26)37)21-16-22(32-4)18-33-17-21/h7-18H,19H2,1-3,5-6H3,(H2,31,34). The summed E-state index contributed by atoms with van der Waals surface area (Å²) in [6.45, 7) is 19.2. The molecule has 0 fully saturated rings. The Morgan fingerprint density at radius 1 is 1.03 bits per heavy atom. The summed E-state index contributed by atoms with van der Waals surface area (Å²) in [5, 5.41) is 0.147. The highest BCUT2D eigenvalue weighted by molar-refractivity contribution is 6.74. The molecular formula is C30H31N7OSi. The number of aromatic nitrogens is 5. The molecular weight excluding hydrogens is 502 g/mol. The molecule has 2 N–H and O–H groups in total. The van der Waals surface area contributed by atoms with Gasteiger partial charge in [-0.15, -0.1) is 0 Å². The van der Waals surface area contributed by atoms with Crippen LogP contribution in [0.5, 0.6) is 0 Å². The van der Waals surface area contributed by atoms with Gasteiger partial charge < -0.3 is 10.2 Å². The van der Waals surface area contributed by atoms with Gasteiger partial charge >= 0.3 is 0 Å². The number of anilines is 1. The van der Waals surface area contributed by atoms with E-state index in [2.05, 4.69) is 72.9 Å². The molecule has 0 bridgehead atoms. The zero-order chi connectivity index (χ0) is 27.8. The Hall–Kier alpha value is -4.39. The van der Waals surface area contributed by atoms with Crippen molar-refractivity contribution in [3.63, 3.8) is 0 Å². The van der Waals surface area contributed by atoms with Crippen LogP contribution in [-0.2, 0) is 11.0 Å². The number of fused-ring (bicyclic) bond motifs is 1. The van der Waals surface area contributed by atoms with Crippen LogP contribution in [0.3, 0.4) is 0 Å². The monoisotopic (exact) mass is 533 g/mol. The van der Waals surface area contributed by atoms with Gasteiger partial charge in [0.2, 0.25) is 5.69 Å². The van der Waals surface area contributed by atoms with Gasteiger partial charge in [-0.25, -0.2) is 19.8 Å². The van der Waals surface area contributed by atoms with Crippen molar-refractivity contribution in [3.8, 4) is 28.3 Å². The van der Waals surface area contributed by atoms with E-state index in [1.165, 1.54) is 0 Å². The summed E-state index contributed by atoms with van der Waals surface area (Å²) in [6.07, 6.45) is 4.91. The molecule has 4 aromatic heterocycles. The Morgan fingerprint density at radius 3 is 2.49 bits per heavy atom. The Morgan fingerprint density at radius 2 is 1.79 bits per heavy atom. The van der Waals surface area contributed by atoms with Gasteiger partial charge in [0.05, 0.1) is 24.4 Å². The summed E-state index contributed by atoms with van der Waals surface area (Å²) in [4.78, 5) is 21.9. The molecule has 0 aliphatic carbocycles. The van der Waals surface area contributed by atoms with E-state index in [1.54, 1.807) is 24.7 Å². The number of hydrogen-bond donors (Lipinski definition) is 1. The average Bonchev–Trinajstić information content (AvgIpc) is 3.30. The molecule has 196 valence electrons. The highest BCUT2D eigenvalue weighted by Crippen LogP contribution is 2.37. The van der Waals surface area contributed by atoms with Gasteiger partial charge in [0.1, 0.15) is 11.3 Å². The summed E-state index contributed by atoms with van der Waals surface area (Å²) in [5.41, 5.74) is 12.3. The highest BCUT2D eigenvalue weighted by atomic mass is 28.4. The molecule has 0 aliphatic rings. The molecule has 39 heavy (non-hydrogen) atoms. The van der Waals surface area contributed by atoms with Crippen LogP contribution in [0.2, 0.25) is 18.1 Å². The smallest absolute Gasteiger partial charge is 0.205 e. The second-order valence-corrected chi connectivity index (χ2v) is 15.8. The zero-order valence-corrected chi connectivity index (χ0v) is 23.8. The third-order valence-corrected chi connectivity index (χ3v) is 11.8. The third-order valence-electron chi connectivity index (χ3n) is 7.33. The number of hydrogen-bond acceptors (Lipinski definition) is 6. The van der Waals surface area contributed by atoms with E-state index in [4.69, 9.17) is 26.7 Å². The van der Waals surface area contributed by atoms with Crippen LogP contribution >= 0.6 is 0 Å². The van der Waals surface area contributed by atoms with Gasteiger partial charge in [-0.2, -0.15) is 0 Å². The van der Waals surface area contributed by atoms with Crippen LogP contribution in [0.25, 0.3) is 44.3 Å². The fourth-order valence-corrected chi connectivity index (χ4v) is 4.96. The molecule has 0 radical (unpaired) electrons. The summed E-state index contributed by atoms with van der Waals surface area (Å²) in [7, 11) is -1.87. The van der Waals surface area contributed by atoms with E-state index in [1.807, 2.05) is 28.8 Å². The van der Waals surface area contributed by atoms with Crippen molar-refractivity contribution < 1.29 is 4.43 Å². The predicted molar refractivity (Wildman–Crippen MR) is 158 cm³/mol. The SMILES string of the molecule is [C-]#[N+]c1cncc(-c2ccc3nc(-c4cccnc4N)n(-c4ccc(CO[Si](C)(C)C(C)(C)C)cc4)c3n2)c1. The normalized spacial score (nSPS) is 12.0. The Bertz CT molecular complexity index is 1700. The number of pyridine rings is 3. The highest BCUT2D eigenvalue weighted by Gasteiger charge is 2.37. The number of benzene rings is 1. The van der Waals surface area contributed by atoms with Gasteiger partial charge in [-0.05, 0) is 66.2 Å². The fraction of sp³-hybridized carbons (Fsp3) is 0.233. The minimum atomic E-state index is -1.87. The molecule has 0 aliphatic heterocycles. The maximum atomic E-state index is 7.34. The number of imidazole rings is 1. The predicted octanol–water partition coefficient (Wildman–Crippen LogP) is 7.20. The van der Waals surface area contributed by atoms with E-state index in [0.29, 0.717) is 35.3 Å². The molecule has 8 nitrogen and oxygen atoms in total. The molecule has 5 aromatic rings. The summed E-state index contributed by atoms with van der Waals surface area (Å²) in [6, 6.07) is 17.6. The minimum Gasteiger partial charge on any atom is -0.413 e. The zero-order valence-electron chi connectivity index (χ0n) is 22.8. The molecule has 9 heteroatoms. The van der Waals surface area contributed by atoms with Crippen LogP contribution in [-0.4, -0.2) is 32.8 Å². The topological polar surface area (TPSA) is 96.1 Å². The van der Waals surface area contributed by atoms with Crippen molar-refractivity contribution >= 4 is 31.0 Å². The molecule has 0 unspecified atom stereocenters. The molecule has 4 heterocycles. The van der Waals surface area contributed by atoms with Crippen LogP contribution < -0.4 is 5.73 Å². The minimum absolute atomic E-state index is 0.147. The Kier molecular flexibility index (Phi) is 6.76. The first-order chi connectivity index (χ1) is 18.6. The second-order valence-electron chi connectivity index (χ2n) is 11.0. The number of rotatable bonds is 6. The number of nitrogens with zero attached hydrogens (tertiary/aromatic N) is 6. The number of nitrogens with two attached hydrogens (primary N) is 1.